The van der Waals surface area contributed by atoms with E-state index in [9.17, 15) is 8.78 Å². The predicted molar refractivity (Wildman–Crippen MR) is 81.7 cm³/mol. The Kier molecular flexibility index (Phi) is 4.05. The third-order valence-electron chi connectivity index (χ3n) is 3.19. The quantitative estimate of drug-likeness (QED) is 0.707. The molecule has 1 N–H and O–H groups in total. The molecule has 5 heteroatoms. The highest BCUT2D eigenvalue weighted by atomic mass is 19.3. The second-order valence-corrected chi connectivity index (χ2v) is 4.66. The van der Waals surface area contributed by atoms with Gasteiger partial charge in [0, 0.05) is 11.1 Å². The first kappa shape index (κ1) is 14.1. The molecule has 3 rings (SSSR count). The van der Waals surface area contributed by atoms with E-state index in [0.29, 0.717) is 5.71 Å². The lowest BCUT2D eigenvalue weighted by Gasteiger charge is -2.07. The molecule has 1 heterocycles. The Bertz CT molecular complexity index is 723. The number of H-pyrrole nitrogens is 1. The Morgan fingerprint density at radius 2 is 1.45 bits per heavy atom. The molecule has 0 atom stereocenters. The Morgan fingerprint density at radius 3 is 1.95 bits per heavy atom. The predicted octanol–water partition coefficient (Wildman–Crippen LogP) is 4.52. The Hall–Kier alpha value is -2.82. The number of rotatable bonds is 4. The molecule has 3 nitrogen and oxygen atoms in total. The second-order valence-electron chi connectivity index (χ2n) is 4.66. The molecule has 0 aliphatic carbocycles. The average molecular weight is 297 g/mol. The van der Waals surface area contributed by atoms with E-state index in [1.807, 2.05) is 60.7 Å². The van der Waals surface area contributed by atoms with Crippen LogP contribution in [0.5, 0.6) is 0 Å². The first-order chi connectivity index (χ1) is 10.8. The van der Waals surface area contributed by atoms with Gasteiger partial charge < -0.3 is 0 Å². The van der Waals surface area contributed by atoms with Gasteiger partial charge in [0.2, 0.25) is 0 Å². The first-order valence-electron chi connectivity index (χ1n) is 6.76. The Labute approximate surface area is 126 Å². The third-order valence-corrected chi connectivity index (χ3v) is 3.19. The minimum atomic E-state index is -2.64. The van der Waals surface area contributed by atoms with Gasteiger partial charge in [0.15, 0.2) is 0 Å². The van der Waals surface area contributed by atoms with Crippen molar-refractivity contribution in [3.63, 3.8) is 0 Å². The molecule has 2 aromatic carbocycles. The Balaban J connectivity index is 2.14. The van der Waals surface area contributed by atoms with Crippen LogP contribution < -0.4 is 0 Å². The molecule has 1 aromatic heterocycles. The van der Waals surface area contributed by atoms with E-state index < -0.39 is 6.43 Å². The largest absolute Gasteiger partial charge is 0.281 e. The van der Waals surface area contributed by atoms with Crippen LogP contribution in [-0.4, -0.2) is 15.9 Å². The van der Waals surface area contributed by atoms with Crippen molar-refractivity contribution in [1.29, 1.82) is 0 Å². The second kappa shape index (κ2) is 6.30. The summed E-state index contributed by atoms with van der Waals surface area (Å²) in [5.74, 6) is 0. The summed E-state index contributed by atoms with van der Waals surface area (Å²) in [5.41, 5.74) is 2.22. The van der Waals surface area contributed by atoms with Crippen LogP contribution in [0.3, 0.4) is 0 Å². The number of halogens is 2. The fraction of sp³-hybridized carbons (Fsp3) is 0.0588. The van der Waals surface area contributed by atoms with Crippen LogP contribution in [0.1, 0.15) is 23.2 Å². The summed E-state index contributed by atoms with van der Waals surface area (Å²) in [6, 6.07) is 18.9. The molecule has 0 saturated heterocycles. The number of nitrogens with zero attached hydrogens (tertiary/aromatic N) is 2. The molecular formula is C17H13F2N3. The third kappa shape index (κ3) is 2.93. The van der Waals surface area contributed by atoms with Crippen LogP contribution in [0.4, 0.5) is 14.5 Å². The number of nitrogens with one attached hydrogen (secondary N) is 1. The highest BCUT2D eigenvalue weighted by Crippen LogP contribution is 2.28. The minimum absolute atomic E-state index is 0.151. The smallest absolute Gasteiger partial charge is 0.275 e. The van der Waals surface area contributed by atoms with E-state index in [1.165, 1.54) is 6.20 Å². The highest BCUT2D eigenvalue weighted by Gasteiger charge is 2.16. The van der Waals surface area contributed by atoms with Gasteiger partial charge >= 0.3 is 0 Å². The van der Waals surface area contributed by atoms with E-state index in [2.05, 4.69) is 15.2 Å². The fourth-order valence-corrected chi connectivity index (χ4v) is 2.15. The van der Waals surface area contributed by atoms with Crippen molar-refractivity contribution in [3.8, 4) is 0 Å². The number of aliphatic imine (C=N–C) groups is 1. The van der Waals surface area contributed by atoms with Crippen molar-refractivity contribution in [2.45, 2.75) is 6.43 Å². The molecule has 3 aromatic rings. The molecule has 0 spiro atoms. The maximum absolute atomic E-state index is 13.0. The molecule has 0 saturated carbocycles. The molecule has 0 aliphatic rings. The highest BCUT2D eigenvalue weighted by molar-refractivity contribution is 6.13. The van der Waals surface area contributed by atoms with Gasteiger partial charge in [0.25, 0.3) is 6.43 Å². The lowest BCUT2D eigenvalue weighted by atomic mass is 10.0. The number of benzene rings is 2. The number of hydrogen-bond donors (Lipinski definition) is 1. The first-order valence-corrected chi connectivity index (χ1v) is 6.76. The molecule has 0 bridgehead atoms. The van der Waals surface area contributed by atoms with E-state index in [-0.39, 0.29) is 11.4 Å². The molecule has 0 radical (unpaired) electrons. The Morgan fingerprint density at radius 1 is 0.909 bits per heavy atom. The van der Waals surface area contributed by atoms with Crippen molar-refractivity contribution in [2.24, 2.45) is 4.99 Å². The number of aromatic amines is 1. The van der Waals surface area contributed by atoms with Crippen LogP contribution in [0.15, 0.2) is 71.9 Å². The summed E-state index contributed by atoms with van der Waals surface area (Å²) in [7, 11) is 0. The van der Waals surface area contributed by atoms with Crippen LogP contribution >= 0.6 is 0 Å². The van der Waals surface area contributed by atoms with E-state index in [0.717, 1.165) is 11.1 Å². The van der Waals surface area contributed by atoms with Crippen molar-refractivity contribution in [2.75, 3.05) is 0 Å². The maximum atomic E-state index is 13.0. The lowest BCUT2D eigenvalue weighted by Crippen LogP contribution is -2.02. The van der Waals surface area contributed by atoms with Gasteiger partial charge in [-0.1, -0.05) is 60.7 Å². The normalized spacial score (nSPS) is 10.7. The zero-order chi connectivity index (χ0) is 15.4. The number of hydrogen-bond acceptors (Lipinski definition) is 2. The van der Waals surface area contributed by atoms with Crippen LogP contribution in [0.2, 0.25) is 0 Å². The summed E-state index contributed by atoms with van der Waals surface area (Å²) < 4.78 is 26.0. The summed E-state index contributed by atoms with van der Waals surface area (Å²) in [6.45, 7) is 0. The fourth-order valence-electron chi connectivity index (χ4n) is 2.15. The van der Waals surface area contributed by atoms with Gasteiger partial charge in [-0.05, 0) is 0 Å². The molecule has 0 fully saturated rings. The van der Waals surface area contributed by atoms with Gasteiger partial charge in [-0.3, -0.25) is 5.10 Å². The number of aromatic nitrogens is 2. The van der Waals surface area contributed by atoms with Crippen molar-refractivity contribution < 1.29 is 8.78 Å². The minimum Gasteiger partial charge on any atom is -0.275 e. The molecule has 22 heavy (non-hydrogen) atoms. The van der Waals surface area contributed by atoms with Gasteiger partial charge in [-0.2, -0.15) is 5.10 Å². The standard InChI is InChI=1S/C17H13F2N3/c18-17(19)16-14(11-20-22-16)21-15(12-7-3-1-4-8-12)13-9-5-2-6-10-13/h1-11,17H,(H,20,22). The average Bonchev–Trinajstić information content (AvgIpc) is 3.03. The zero-order valence-corrected chi connectivity index (χ0v) is 11.6. The summed E-state index contributed by atoms with van der Waals surface area (Å²) in [5, 5.41) is 5.98. The van der Waals surface area contributed by atoms with Crippen LogP contribution in [-0.2, 0) is 0 Å². The molecular weight excluding hydrogens is 284 g/mol. The maximum Gasteiger partial charge on any atom is 0.281 e. The van der Waals surface area contributed by atoms with Crippen molar-refractivity contribution >= 4 is 11.4 Å². The summed E-state index contributed by atoms with van der Waals surface area (Å²) in [6.07, 6.45) is -1.33. The molecule has 0 unspecified atom stereocenters. The van der Waals surface area contributed by atoms with E-state index >= 15 is 0 Å². The van der Waals surface area contributed by atoms with Crippen molar-refractivity contribution in [1.82, 2.24) is 10.2 Å². The van der Waals surface area contributed by atoms with Gasteiger partial charge in [-0.25, -0.2) is 13.8 Å². The molecule has 0 amide bonds. The summed E-state index contributed by atoms with van der Waals surface area (Å²) >= 11 is 0. The zero-order valence-electron chi connectivity index (χ0n) is 11.6. The number of alkyl halides is 2. The van der Waals surface area contributed by atoms with Crippen LogP contribution in [0.25, 0.3) is 0 Å². The van der Waals surface area contributed by atoms with E-state index in [1.54, 1.807) is 0 Å². The van der Waals surface area contributed by atoms with Crippen molar-refractivity contribution in [3.05, 3.63) is 83.7 Å². The van der Waals surface area contributed by atoms with Gasteiger partial charge in [0.05, 0.1) is 11.9 Å². The summed E-state index contributed by atoms with van der Waals surface area (Å²) in [4.78, 5) is 4.42. The topological polar surface area (TPSA) is 41.0 Å². The molecule has 110 valence electrons. The molecule has 0 aliphatic heterocycles. The lowest BCUT2D eigenvalue weighted by molar-refractivity contribution is 0.146. The van der Waals surface area contributed by atoms with Gasteiger partial charge in [0.1, 0.15) is 11.4 Å². The van der Waals surface area contributed by atoms with E-state index in [4.69, 9.17) is 0 Å². The van der Waals surface area contributed by atoms with Gasteiger partial charge in [-0.15, -0.1) is 0 Å². The SMILES string of the molecule is FC(F)c1[nH]ncc1N=C(c1ccccc1)c1ccccc1. The van der Waals surface area contributed by atoms with Crippen LogP contribution in [0, 0.1) is 0 Å². The monoisotopic (exact) mass is 297 g/mol.